The highest BCUT2D eigenvalue weighted by atomic mass is 19.1. The van der Waals surface area contributed by atoms with Crippen LogP contribution in [0.25, 0.3) is 144 Å². The minimum absolute atomic E-state index is 0.0923. The van der Waals surface area contributed by atoms with Crippen molar-refractivity contribution in [1.82, 2.24) is 0 Å². The summed E-state index contributed by atoms with van der Waals surface area (Å²) in [5, 5.41) is 11.1. The number of hydrogen-bond acceptors (Lipinski definition) is 0. The molecule has 0 N–H and O–H groups in total. The van der Waals surface area contributed by atoms with Crippen molar-refractivity contribution in [2.45, 2.75) is 247 Å². The number of pyridine rings is 5. The van der Waals surface area contributed by atoms with E-state index in [-0.39, 0.29) is 11.2 Å². The maximum absolute atomic E-state index is 14.9. The van der Waals surface area contributed by atoms with Gasteiger partial charge in [-0.1, -0.05) is 285 Å². The molecule has 1 aliphatic carbocycles. The first-order valence-corrected chi connectivity index (χ1v) is 51.3. The van der Waals surface area contributed by atoms with Crippen LogP contribution < -0.4 is 22.8 Å². The predicted octanol–water partition coefficient (Wildman–Crippen LogP) is 34.4. The lowest BCUT2D eigenvalue weighted by atomic mass is 9.82. The molecule has 18 aromatic rings. The minimum atomic E-state index is -0.217. The molecule has 1 fully saturated rings. The van der Waals surface area contributed by atoms with E-state index >= 15 is 0 Å². The molecule has 1 saturated carbocycles. The van der Waals surface area contributed by atoms with E-state index in [0.29, 0.717) is 71.3 Å². The van der Waals surface area contributed by atoms with E-state index in [0.717, 1.165) is 93.9 Å². The Morgan fingerprint density at radius 3 is 0.908 bits per heavy atom. The summed E-state index contributed by atoms with van der Waals surface area (Å²) in [5.41, 5.74) is 42.5. The molecule has 1 aliphatic rings. The van der Waals surface area contributed by atoms with Crippen molar-refractivity contribution in [2.75, 3.05) is 0 Å². The average molecular weight is 1870 g/mol. The first-order valence-electron chi connectivity index (χ1n) is 53.8. The van der Waals surface area contributed by atoms with Crippen molar-refractivity contribution in [3.8, 4) is 89.7 Å². The summed E-state index contributed by atoms with van der Waals surface area (Å²) in [5.74, 6) is 2.33. The van der Waals surface area contributed by atoms with E-state index in [2.05, 4.69) is 423 Å². The Hall–Kier alpha value is -13.2. The molecule has 141 heavy (non-hydrogen) atoms. The van der Waals surface area contributed by atoms with Crippen LogP contribution in [0, 0.1) is 95.8 Å². The van der Waals surface area contributed by atoms with Crippen LogP contribution in [-0.4, -0.2) is 0 Å². The van der Waals surface area contributed by atoms with Crippen LogP contribution in [0.15, 0.2) is 279 Å². The van der Waals surface area contributed by atoms with Gasteiger partial charge < -0.3 is 0 Å². The smallest absolute Gasteiger partial charge is 0.206 e. The van der Waals surface area contributed by atoms with Gasteiger partial charge >= 0.3 is 0 Å². The Morgan fingerprint density at radius 2 is 0.560 bits per heavy atom. The molecule has 0 bridgehead atoms. The fourth-order valence-electron chi connectivity index (χ4n) is 21.2. The van der Waals surface area contributed by atoms with Gasteiger partial charge in [0.05, 0.1) is 61.6 Å². The zero-order chi connectivity index (χ0) is 106. The van der Waals surface area contributed by atoms with E-state index in [1.54, 1.807) is 6.07 Å². The van der Waals surface area contributed by atoms with Crippen molar-refractivity contribution in [3.63, 3.8) is 0 Å². The van der Waals surface area contributed by atoms with Crippen LogP contribution in [0.2, 0.25) is 0 Å². The first kappa shape index (κ1) is 95.4. The number of aromatic nitrogens is 5. The van der Waals surface area contributed by atoms with Crippen LogP contribution in [0.1, 0.15) is 270 Å². The second-order valence-corrected chi connectivity index (χ2v) is 42.7. The molecule has 0 spiro atoms. The second-order valence-electron chi connectivity index (χ2n) is 42.7. The van der Waals surface area contributed by atoms with Gasteiger partial charge in [0.25, 0.3) is 0 Å². The highest BCUT2D eigenvalue weighted by Gasteiger charge is 2.32. The fourth-order valence-corrected chi connectivity index (χ4v) is 21.2. The molecule has 0 aliphatic heterocycles. The van der Waals surface area contributed by atoms with Crippen LogP contribution in [0.3, 0.4) is 0 Å². The zero-order valence-corrected chi connectivity index (χ0v) is 90.1. The van der Waals surface area contributed by atoms with Crippen molar-refractivity contribution in [3.05, 3.63) is 397 Å². The largest absolute Gasteiger partial charge is 0.220 e. The lowest BCUT2D eigenvalue weighted by molar-refractivity contribution is -0.665. The number of nitrogens with zero attached hydrogens (tertiary/aromatic N) is 5. The fraction of sp³-hybridized carbons (Fsp3) is 0.311. The van der Waals surface area contributed by atoms with Crippen LogP contribution in [-0.2, 0) is 40.7 Å². The summed E-state index contributed by atoms with van der Waals surface area (Å²) in [6, 6.07) is 90.6. The molecule has 5 heterocycles. The maximum Gasteiger partial charge on any atom is 0.220 e. The summed E-state index contributed by atoms with van der Waals surface area (Å²) in [6.07, 6.45) is 5.34. The third kappa shape index (κ3) is 21.0. The van der Waals surface area contributed by atoms with Gasteiger partial charge in [-0.05, 0) is 314 Å². The Balaban J connectivity index is 0.000000137. The van der Waals surface area contributed by atoms with Gasteiger partial charge in [0.2, 0.25) is 28.5 Å². The zero-order valence-electron chi connectivity index (χ0n) is 95.1. The van der Waals surface area contributed by atoms with E-state index in [1.807, 2.05) is 57.3 Å². The summed E-state index contributed by atoms with van der Waals surface area (Å²) in [4.78, 5) is 0. The third-order valence-corrected chi connectivity index (χ3v) is 30.4. The van der Waals surface area contributed by atoms with Crippen molar-refractivity contribution < 1.29 is 34.1 Å². The topological polar surface area (TPSA) is 19.4 Å². The van der Waals surface area contributed by atoms with Gasteiger partial charge in [0.1, 0.15) is 41.1 Å². The van der Waals surface area contributed by atoms with Gasteiger partial charge in [-0.25, -0.2) is 4.39 Å². The standard InChI is InChI=1S/C28H30N.C27H27FN.C27H34N.C27H28N.C26H34N/c1-18(2)24-13-10-14-25-27(24)16-20(4)29(6)28(25)26-17-23(15-19(3)21(26)5)22-11-8-7-9-12-22;1-17(2)21-12-9-13-22-25(21)15-19(4)29(5)27(22)23-16-24(26(28)14-18(23)3)20-10-7-6-8-11-20;1-17(2)23-12-9-13-24-26(23)15-19(4)28(6)27(24)25-16-22(14-18(3)20(25)5)21-10-7-8-11-21;1-18(2)23-12-9-13-24-26(23)16-20(4)28(5)27(24)25-17-22(15-14-19(25)3)21-10-7-6-8-11-21;1-16(2)21-11-10-12-22-24(21)14-18(4)27(9)25(22)23-15-20(26(6,7)8)13-17(3)19(23)5/h7-18H,1-6H3;6-17H,1-5H3;9,12-17,21H,7-8,10-11H2,1-6H3;6-18H,1-5H3;10-16H,1-9H3/q5*+1/i16D;2*15D;16D;14D. The number of halogens is 1. The minimum Gasteiger partial charge on any atom is -0.206 e. The van der Waals surface area contributed by atoms with Crippen molar-refractivity contribution in [1.29, 1.82) is 0 Å². The molecule has 0 saturated heterocycles. The van der Waals surface area contributed by atoms with Gasteiger partial charge in [0.15, 0.2) is 28.5 Å². The summed E-state index contributed by atoms with van der Waals surface area (Å²) in [6.45, 7) is 56.6. The molecular weight excluding hydrogens is 1710 g/mol. The van der Waals surface area contributed by atoms with Crippen molar-refractivity contribution >= 4 is 53.9 Å². The van der Waals surface area contributed by atoms with Crippen molar-refractivity contribution in [2.24, 2.45) is 35.2 Å². The maximum atomic E-state index is 14.9. The highest BCUT2D eigenvalue weighted by molar-refractivity contribution is 6.02. The highest BCUT2D eigenvalue weighted by Crippen LogP contribution is 2.45. The average Bonchev–Trinajstić information content (AvgIpc) is 0.772. The molecule has 5 aromatic heterocycles. The van der Waals surface area contributed by atoms with E-state index in [9.17, 15) is 4.39 Å². The Morgan fingerprint density at radius 1 is 0.262 bits per heavy atom. The molecule has 13 aromatic carbocycles. The van der Waals surface area contributed by atoms with E-state index < -0.39 is 0 Å². The molecule has 720 valence electrons. The molecule has 6 heteroatoms. The monoisotopic (exact) mass is 1870 g/mol. The number of fused-ring (bicyclic) bond motifs is 5. The number of rotatable bonds is 14. The number of benzene rings is 13. The Labute approximate surface area is 850 Å². The lowest BCUT2D eigenvalue weighted by Gasteiger charge is -2.22. The van der Waals surface area contributed by atoms with Gasteiger partial charge in [-0.2, -0.15) is 22.8 Å². The molecule has 0 unspecified atom stereocenters. The second kappa shape index (κ2) is 42.7. The predicted molar refractivity (Wildman–Crippen MR) is 601 cm³/mol. The first-order chi connectivity index (χ1) is 69.3. The van der Waals surface area contributed by atoms with Gasteiger partial charge in [0, 0.05) is 70.4 Å². The Kier molecular flexibility index (Phi) is 28.9. The molecular formula is C135H153FN5+5. The SMILES string of the molecule is [2H]c1c(C)[n+](C)c(-c2cc(-c3ccccc3)c(F)cc2C)c2cccc(C(C)C)c12.[2H]c1c(C)[n+](C)c(-c2cc(-c3ccccc3)cc(C)c2C)c2cccc(C(C)C)c12.[2H]c1c(C)[n+](C)c(-c2cc(-c3ccccc3)ccc2C)c2cccc(C(C)C)c12.[2H]c1c(C)[n+](C)c(-c2cc(C(C)(C)C)cc(C)c2C)c2cccc(C(C)C)c12.[2H]c1c(C)[n+](C)c(-c2cc(C3CCCC3)cc(C)c2C)c2cccc(C(C)C)c12. The Bertz CT molecular complexity index is 8070. The van der Waals surface area contributed by atoms with Crippen LogP contribution in [0.4, 0.5) is 4.39 Å². The van der Waals surface area contributed by atoms with E-state index in [1.165, 1.54) is 182 Å². The third-order valence-electron chi connectivity index (χ3n) is 30.4. The molecule has 0 atom stereocenters. The summed E-state index contributed by atoms with van der Waals surface area (Å²) >= 11 is 0. The van der Waals surface area contributed by atoms with Gasteiger partial charge in [-0.3, -0.25) is 0 Å². The lowest BCUT2D eigenvalue weighted by Crippen LogP contribution is -2.35. The molecule has 0 amide bonds. The van der Waals surface area contributed by atoms with Crippen LogP contribution in [0.5, 0.6) is 0 Å². The van der Waals surface area contributed by atoms with E-state index in [4.69, 9.17) is 6.85 Å². The summed E-state index contributed by atoms with van der Waals surface area (Å²) in [7, 11) is 10.4. The summed E-state index contributed by atoms with van der Waals surface area (Å²) < 4.78 is 70.1. The van der Waals surface area contributed by atoms with Gasteiger partial charge in [-0.15, -0.1) is 0 Å². The van der Waals surface area contributed by atoms with Crippen LogP contribution >= 0.6 is 0 Å². The number of aryl methyl sites for hydroxylation is 5. The number of hydrogen-bond donors (Lipinski definition) is 0. The quantitative estimate of drug-likeness (QED) is 0.0967. The molecule has 19 rings (SSSR count). The molecule has 0 radical (unpaired) electrons. The normalized spacial score (nSPS) is 12.8. The molecule has 5 nitrogen and oxygen atoms in total.